The Kier molecular flexibility index (Phi) is 3.14. The molecule has 0 atom stereocenters. The van der Waals surface area contributed by atoms with Crippen LogP contribution in [0.1, 0.15) is 11.1 Å². The third-order valence-corrected chi connectivity index (χ3v) is 2.47. The summed E-state index contributed by atoms with van der Waals surface area (Å²) in [5.41, 5.74) is 8.17. The number of nitrogens with two attached hydrogens (primary N) is 1. The van der Waals surface area contributed by atoms with E-state index in [9.17, 15) is 5.11 Å². The molecule has 0 aliphatic carbocycles. The maximum Gasteiger partial charge on any atom is 0.126 e. The number of nitrogens with one attached hydrogen (secondary N) is 1. The summed E-state index contributed by atoms with van der Waals surface area (Å²) in [5.74, 6) is 1.01. The van der Waals surface area contributed by atoms with Crippen LogP contribution in [0.5, 0.6) is 5.75 Å². The number of nitrogen functional groups attached to an aromatic ring is 1. The molecule has 4 N–H and O–H groups in total. The predicted octanol–water partition coefficient (Wildman–Crippen LogP) is 2.29. The van der Waals surface area contributed by atoms with Crippen LogP contribution in [0.15, 0.2) is 36.5 Å². The molecule has 4 heteroatoms. The second kappa shape index (κ2) is 4.74. The van der Waals surface area contributed by atoms with Crippen molar-refractivity contribution in [3.05, 3.63) is 47.7 Å². The van der Waals surface area contributed by atoms with Gasteiger partial charge in [-0.2, -0.15) is 0 Å². The average Bonchev–Trinajstić information content (AvgIpc) is 2.32. The number of benzene rings is 1. The molecule has 2 aromatic rings. The highest BCUT2D eigenvalue weighted by molar-refractivity contribution is 5.48. The fourth-order valence-electron chi connectivity index (χ4n) is 1.51. The normalized spacial score (nSPS) is 10.2. The van der Waals surface area contributed by atoms with Crippen molar-refractivity contribution < 1.29 is 5.11 Å². The SMILES string of the molecule is Cc1ccc(NCc2cc(N)ccc2O)nc1. The van der Waals surface area contributed by atoms with Gasteiger partial charge < -0.3 is 16.2 Å². The van der Waals surface area contributed by atoms with Gasteiger partial charge in [0.25, 0.3) is 0 Å². The van der Waals surface area contributed by atoms with Crippen molar-refractivity contribution in [2.75, 3.05) is 11.1 Å². The van der Waals surface area contributed by atoms with Crippen LogP contribution in [0, 0.1) is 6.92 Å². The minimum Gasteiger partial charge on any atom is -0.508 e. The van der Waals surface area contributed by atoms with Gasteiger partial charge in [0.05, 0.1) is 0 Å². The monoisotopic (exact) mass is 229 g/mol. The average molecular weight is 229 g/mol. The van der Waals surface area contributed by atoms with E-state index in [1.807, 2.05) is 19.1 Å². The van der Waals surface area contributed by atoms with Crippen molar-refractivity contribution in [1.82, 2.24) is 4.98 Å². The molecule has 0 amide bonds. The second-order valence-corrected chi connectivity index (χ2v) is 3.96. The standard InChI is InChI=1S/C13H15N3O/c1-9-2-5-13(15-7-9)16-8-10-6-11(14)3-4-12(10)17/h2-7,17H,8,14H2,1H3,(H,15,16). The van der Waals surface area contributed by atoms with Gasteiger partial charge in [-0.1, -0.05) is 6.07 Å². The molecular weight excluding hydrogens is 214 g/mol. The van der Waals surface area contributed by atoms with E-state index in [-0.39, 0.29) is 5.75 Å². The maximum absolute atomic E-state index is 9.64. The summed E-state index contributed by atoms with van der Waals surface area (Å²) in [5, 5.41) is 12.8. The number of aromatic nitrogens is 1. The minimum atomic E-state index is 0.235. The summed E-state index contributed by atoms with van der Waals surface area (Å²) >= 11 is 0. The molecule has 0 radical (unpaired) electrons. The molecule has 1 aromatic carbocycles. The summed E-state index contributed by atoms with van der Waals surface area (Å²) in [7, 11) is 0. The van der Waals surface area contributed by atoms with Crippen LogP contribution in [0.25, 0.3) is 0 Å². The van der Waals surface area contributed by atoms with E-state index in [1.165, 1.54) is 0 Å². The van der Waals surface area contributed by atoms with Crippen molar-refractivity contribution in [2.45, 2.75) is 13.5 Å². The maximum atomic E-state index is 9.64. The summed E-state index contributed by atoms with van der Waals surface area (Å²) < 4.78 is 0. The minimum absolute atomic E-state index is 0.235. The quantitative estimate of drug-likeness (QED) is 0.558. The topological polar surface area (TPSA) is 71.2 Å². The molecule has 1 aromatic heterocycles. The zero-order valence-electron chi connectivity index (χ0n) is 9.64. The summed E-state index contributed by atoms with van der Waals surface area (Å²) in [6.07, 6.45) is 1.79. The first kappa shape index (κ1) is 11.3. The molecule has 0 saturated heterocycles. The van der Waals surface area contributed by atoms with Gasteiger partial charge in [0.15, 0.2) is 0 Å². The lowest BCUT2D eigenvalue weighted by molar-refractivity contribution is 0.469. The van der Waals surface area contributed by atoms with Gasteiger partial charge in [-0.25, -0.2) is 4.98 Å². The van der Waals surface area contributed by atoms with E-state index in [0.29, 0.717) is 12.2 Å². The predicted molar refractivity (Wildman–Crippen MR) is 68.8 cm³/mol. The summed E-state index contributed by atoms with van der Waals surface area (Å²) in [4.78, 5) is 4.22. The van der Waals surface area contributed by atoms with Crippen molar-refractivity contribution >= 4 is 11.5 Å². The molecule has 1 heterocycles. The molecule has 0 aliphatic heterocycles. The number of aryl methyl sites for hydroxylation is 1. The molecule has 0 fully saturated rings. The van der Waals surface area contributed by atoms with E-state index in [2.05, 4.69) is 10.3 Å². The number of rotatable bonds is 3. The van der Waals surface area contributed by atoms with Crippen molar-refractivity contribution in [3.63, 3.8) is 0 Å². The zero-order valence-corrected chi connectivity index (χ0v) is 9.64. The molecule has 0 aliphatic rings. The van der Waals surface area contributed by atoms with E-state index in [4.69, 9.17) is 5.73 Å². The van der Waals surface area contributed by atoms with Gasteiger partial charge in [-0.3, -0.25) is 0 Å². The van der Waals surface area contributed by atoms with E-state index in [0.717, 1.165) is 16.9 Å². The lowest BCUT2D eigenvalue weighted by atomic mass is 10.2. The number of phenolic OH excluding ortho intramolecular Hbond substituents is 1. The van der Waals surface area contributed by atoms with Crippen LogP contribution < -0.4 is 11.1 Å². The Balaban J connectivity index is 2.07. The smallest absolute Gasteiger partial charge is 0.126 e. The first-order valence-corrected chi connectivity index (χ1v) is 5.39. The molecule has 2 rings (SSSR count). The molecule has 17 heavy (non-hydrogen) atoms. The summed E-state index contributed by atoms with van der Waals surface area (Å²) in [6.45, 7) is 2.48. The molecule has 4 nitrogen and oxygen atoms in total. The van der Waals surface area contributed by atoms with Crippen LogP contribution in [0.4, 0.5) is 11.5 Å². The van der Waals surface area contributed by atoms with E-state index >= 15 is 0 Å². The summed E-state index contributed by atoms with van der Waals surface area (Å²) in [6, 6.07) is 8.89. The van der Waals surface area contributed by atoms with Gasteiger partial charge in [-0.15, -0.1) is 0 Å². The number of phenols is 1. The van der Waals surface area contributed by atoms with Crippen LogP contribution in [-0.2, 0) is 6.54 Å². The molecule has 88 valence electrons. The van der Waals surface area contributed by atoms with Gasteiger partial charge >= 0.3 is 0 Å². The van der Waals surface area contributed by atoms with Crippen LogP contribution in [-0.4, -0.2) is 10.1 Å². The highest BCUT2D eigenvalue weighted by Crippen LogP contribution is 2.20. The first-order valence-electron chi connectivity index (χ1n) is 5.39. The molecule has 0 unspecified atom stereocenters. The third-order valence-electron chi connectivity index (χ3n) is 2.47. The van der Waals surface area contributed by atoms with Gasteiger partial charge in [-0.05, 0) is 36.8 Å². The first-order chi connectivity index (χ1) is 8.15. The molecular formula is C13H15N3O. The Morgan fingerprint density at radius 3 is 2.82 bits per heavy atom. The molecule has 0 spiro atoms. The molecule has 0 saturated carbocycles. The highest BCUT2D eigenvalue weighted by atomic mass is 16.3. The van der Waals surface area contributed by atoms with E-state index < -0.39 is 0 Å². The number of nitrogens with zero attached hydrogens (tertiary/aromatic N) is 1. The largest absolute Gasteiger partial charge is 0.508 e. The van der Waals surface area contributed by atoms with Crippen molar-refractivity contribution in [3.8, 4) is 5.75 Å². The van der Waals surface area contributed by atoms with Crippen LogP contribution in [0.3, 0.4) is 0 Å². The fourth-order valence-corrected chi connectivity index (χ4v) is 1.51. The number of anilines is 2. The Morgan fingerprint density at radius 2 is 2.12 bits per heavy atom. The van der Waals surface area contributed by atoms with Crippen molar-refractivity contribution in [2.24, 2.45) is 0 Å². The Morgan fingerprint density at radius 1 is 1.29 bits per heavy atom. The Bertz CT molecular complexity index is 509. The lowest BCUT2D eigenvalue weighted by Gasteiger charge is -2.08. The van der Waals surface area contributed by atoms with Crippen molar-refractivity contribution in [1.29, 1.82) is 0 Å². The van der Waals surface area contributed by atoms with E-state index in [1.54, 1.807) is 24.4 Å². The second-order valence-electron chi connectivity index (χ2n) is 3.96. The van der Waals surface area contributed by atoms with Gasteiger partial charge in [0.1, 0.15) is 11.6 Å². The van der Waals surface area contributed by atoms with Gasteiger partial charge in [0, 0.05) is 24.0 Å². The third kappa shape index (κ3) is 2.87. The number of aromatic hydroxyl groups is 1. The highest BCUT2D eigenvalue weighted by Gasteiger charge is 2.01. The number of pyridine rings is 1. The zero-order chi connectivity index (χ0) is 12.3. The van der Waals surface area contributed by atoms with Gasteiger partial charge in [0.2, 0.25) is 0 Å². The van der Waals surface area contributed by atoms with Crippen LogP contribution >= 0.6 is 0 Å². The Labute approximate surface area is 100 Å². The fraction of sp³-hybridized carbons (Fsp3) is 0.154. The van der Waals surface area contributed by atoms with Crippen LogP contribution in [0.2, 0.25) is 0 Å². The number of hydrogen-bond donors (Lipinski definition) is 3. The lowest BCUT2D eigenvalue weighted by Crippen LogP contribution is -2.02. The molecule has 0 bridgehead atoms. The number of hydrogen-bond acceptors (Lipinski definition) is 4. The Hall–Kier alpha value is -2.23.